The number of hydrogen-bond donors (Lipinski definition) is 0. The molecule has 5 heteroatoms. The van der Waals surface area contributed by atoms with Crippen molar-refractivity contribution in [2.45, 2.75) is 93.0 Å². The van der Waals surface area contributed by atoms with Crippen LogP contribution in [0.2, 0.25) is 18.1 Å². The summed E-state index contributed by atoms with van der Waals surface area (Å²) in [4.78, 5) is 22.8. The Bertz CT molecular complexity index is 621. The molecule has 0 aliphatic carbocycles. The number of allylic oxidation sites excluding steroid dienone is 4. The van der Waals surface area contributed by atoms with Gasteiger partial charge in [0.1, 0.15) is 6.29 Å². The van der Waals surface area contributed by atoms with Crippen molar-refractivity contribution in [3.05, 3.63) is 34.9 Å². The third-order valence-corrected chi connectivity index (χ3v) is 10.6. The summed E-state index contributed by atoms with van der Waals surface area (Å²) in [6, 6.07) is 3.30. The molecule has 0 aliphatic rings. The zero-order valence-corrected chi connectivity index (χ0v) is 21.7. The van der Waals surface area contributed by atoms with E-state index < -0.39 is 8.32 Å². The summed E-state index contributed by atoms with van der Waals surface area (Å²) < 4.78 is 12.0. The Morgan fingerprint density at radius 3 is 2.03 bits per heavy atom. The summed E-state index contributed by atoms with van der Waals surface area (Å²) in [6.45, 7) is 19.1. The average Bonchev–Trinajstić information content (AvgIpc) is 2.69. The minimum Gasteiger partial charge on any atom is -0.463 e. The molecule has 0 saturated heterocycles. The Kier molecular flexibility index (Phi) is 13.8. The van der Waals surface area contributed by atoms with Gasteiger partial charge in [0.2, 0.25) is 0 Å². The molecule has 0 amide bonds. The average molecular weight is 437 g/mol. The fourth-order valence-electron chi connectivity index (χ4n) is 4.04. The Balaban J connectivity index is 5.81. The summed E-state index contributed by atoms with van der Waals surface area (Å²) in [6.07, 6.45) is 7.49. The standard InChI is InChI=1S/C25H44O4Si/c1-10-28-25(27)23(9)18-20(6)17-22(8)24(21(7)16-19(5)14-15-26)29-30(11-2,12-3)13-4/h14-15,17-18,21-22,24H,10-13,16H2,1-9H3/b19-14+,20-17+,23-18+/t21-,22+,24-/m0/s1. The van der Waals surface area contributed by atoms with Crippen LogP contribution in [0.15, 0.2) is 34.9 Å². The van der Waals surface area contributed by atoms with Gasteiger partial charge >= 0.3 is 5.97 Å². The highest BCUT2D eigenvalue weighted by atomic mass is 28.4. The van der Waals surface area contributed by atoms with E-state index in [0.717, 1.165) is 42.0 Å². The van der Waals surface area contributed by atoms with Crippen LogP contribution in [0.1, 0.15) is 68.7 Å². The molecule has 0 unspecified atom stereocenters. The third-order valence-electron chi connectivity index (χ3n) is 5.96. The fourth-order valence-corrected chi connectivity index (χ4v) is 7.07. The van der Waals surface area contributed by atoms with E-state index in [1.807, 2.05) is 26.8 Å². The molecule has 0 spiro atoms. The maximum atomic E-state index is 11.9. The zero-order chi connectivity index (χ0) is 23.3. The Labute approximate surface area is 185 Å². The molecule has 3 atom stereocenters. The summed E-state index contributed by atoms with van der Waals surface area (Å²) in [7, 11) is -1.80. The molecule has 172 valence electrons. The van der Waals surface area contributed by atoms with Crippen molar-refractivity contribution >= 4 is 20.6 Å². The molecule has 0 N–H and O–H groups in total. The topological polar surface area (TPSA) is 52.6 Å². The van der Waals surface area contributed by atoms with Crippen molar-refractivity contribution in [3.63, 3.8) is 0 Å². The number of aldehydes is 1. The smallest absolute Gasteiger partial charge is 0.333 e. The van der Waals surface area contributed by atoms with Gasteiger partial charge in [0.25, 0.3) is 0 Å². The fraction of sp³-hybridized carbons (Fsp3) is 0.680. The van der Waals surface area contributed by atoms with Crippen LogP contribution in [0.5, 0.6) is 0 Å². The lowest BCUT2D eigenvalue weighted by Gasteiger charge is -2.38. The first-order chi connectivity index (χ1) is 14.1. The number of esters is 1. The van der Waals surface area contributed by atoms with E-state index in [-0.39, 0.29) is 23.9 Å². The second kappa shape index (κ2) is 14.5. The predicted molar refractivity (Wildman–Crippen MR) is 129 cm³/mol. The van der Waals surface area contributed by atoms with Crippen LogP contribution in [0, 0.1) is 11.8 Å². The molecule has 0 fully saturated rings. The maximum absolute atomic E-state index is 11.9. The molecular weight excluding hydrogens is 392 g/mol. The van der Waals surface area contributed by atoms with Crippen molar-refractivity contribution in [2.75, 3.05) is 6.61 Å². The number of rotatable bonds is 14. The minimum absolute atomic E-state index is 0.0674. The van der Waals surface area contributed by atoms with Crippen LogP contribution < -0.4 is 0 Å². The van der Waals surface area contributed by atoms with Gasteiger partial charge in [-0.25, -0.2) is 4.79 Å². The van der Waals surface area contributed by atoms with E-state index in [0.29, 0.717) is 12.2 Å². The Morgan fingerprint density at radius 1 is 1.00 bits per heavy atom. The van der Waals surface area contributed by atoms with Crippen molar-refractivity contribution in [3.8, 4) is 0 Å². The maximum Gasteiger partial charge on any atom is 0.333 e. The minimum atomic E-state index is -1.80. The highest BCUT2D eigenvalue weighted by molar-refractivity contribution is 6.73. The van der Waals surface area contributed by atoms with E-state index in [1.165, 1.54) is 0 Å². The lowest BCUT2D eigenvalue weighted by molar-refractivity contribution is -0.138. The van der Waals surface area contributed by atoms with Crippen molar-refractivity contribution < 1.29 is 18.8 Å². The quantitative estimate of drug-likeness (QED) is 0.101. The van der Waals surface area contributed by atoms with Crippen LogP contribution in [0.3, 0.4) is 0 Å². The molecule has 0 aliphatic heterocycles. The number of ether oxygens (including phenoxy) is 1. The molecule has 0 aromatic rings. The molecule has 0 aromatic heterocycles. The van der Waals surface area contributed by atoms with Crippen molar-refractivity contribution in [1.29, 1.82) is 0 Å². The van der Waals surface area contributed by atoms with Gasteiger partial charge in [0, 0.05) is 5.57 Å². The third kappa shape index (κ3) is 9.56. The number of carbonyl (C=O) groups is 2. The Morgan fingerprint density at radius 2 is 1.57 bits per heavy atom. The van der Waals surface area contributed by atoms with Gasteiger partial charge in [0.15, 0.2) is 8.32 Å². The predicted octanol–water partition coefficient (Wildman–Crippen LogP) is 6.64. The molecule has 0 radical (unpaired) electrons. The van der Waals surface area contributed by atoms with E-state index in [2.05, 4.69) is 40.7 Å². The number of carbonyl (C=O) groups excluding carboxylic acids is 2. The lowest BCUT2D eigenvalue weighted by atomic mass is 9.87. The SMILES string of the molecule is CCOC(=O)/C(C)=C/C(C)=C/[C@@H](C)[C@@H](O[Si](CC)(CC)CC)[C@@H](C)C/C(C)=C/C=O. The highest BCUT2D eigenvalue weighted by Crippen LogP contribution is 2.32. The van der Waals surface area contributed by atoms with Crippen LogP contribution >= 0.6 is 0 Å². The molecule has 0 heterocycles. The highest BCUT2D eigenvalue weighted by Gasteiger charge is 2.35. The molecule has 0 bridgehead atoms. The summed E-state index contributed by atoms with van der Waals surface area (Å²) in [5.41, 5.74) is 2.71. The van der Waals surface area contributed by atoms with E-state index in [9.17, 15) is 9.59 Å². The van der Waals surface area contributed by atoms with E-state index in [1.54, 1.807) is 13.0 Å². The van der Waals surface area contributed by atoms with Crippen LogP contribution in [-0.2, 0) is 18.8 Å². The first-order valence-corrected chi connectivity index (χ1v) is 13.9. The number of hydrogen-bond acceptors (Lipinski definition) is 4. The summed E-state index contributed by atoms with van der Waals surface area (Å²) in [5.74, 6) is 0.196. The summed E-state index contributed by atoms with van der Waals surface area (Å²) in [5, 5.41) is 0. The molecule has 0 saturated carbocycles. The molecular formula is C25H44O4Si. The van der Waals surface area contributed by atoms with Gasteiger partial charge in [-0.2, -0.15) is 0 Å². The van der Waals surface area contributed by atoms with Gasteiger partial charge in [-0.05, 0) is 76.2 Å². The first kappa shape index (κ1) is 28.5. The first-order valence-electron chi connectivity index (χ1n) is 11.4. The van der Waals surface area contributed by atoms with Crippen LogP contribution in [0.25, 0.3) is 0 Å². The molecule has 4 nitrogen and oxygen atoms in total. The second-order valence-corrected chi connectivity index (χ2v) is 13.2. The van der Waals surface area contributed by atoms with Crippen LogP contribution in [-0.4, -0.2) is 33.3 Å². The van der Waals surface area contributed by atoms with Gasteiger partial charge in [-0.3, -0.25) is 4.79 Å². The molecule has 0 aromatic carbocycles. The Hall–Kier alpha value is -1.46. The monoisotopic (exact) mass is 436 g/mol. The summed E-state index contributed by atoms with van der Waals surface area (Å²) >= 11 is 0. The van der Waals surface area contributed by atoms with Crippen molar-refractivity contribution in [2.24, 2.45) is 11.8 Å². The second-order valence-electron chi connectivity index (χ2n) is 8.47. The van der Waals surface area contributed by atoms with E-state index >= 15 is 0 Å². The normalized spacial score (nSPS) is 16.8. The largest absolute Gasteiger partial charge is 0.463 e. The van der Waals surface area contributed by atoms with Crippen molar-refractivity contribution in [1.82, 2.24) is 0 Å². The molecule has 30 heavy (non-hydrogen) atoms. The van der Waals surface area contributed by atoms with Gasteiger partial charge in [-0.1, -0.05) is 51.8 Å². The van der Waals surface area contributed by atoms with Gasteiger partial charge in [0.05, 0.1) is 12.7 Å². The van der Waals surface area contributed by atoms with Crippen LogP contribution in [0.4, 0.5) is 0 Å². The zero-order valence-electron chi connectivity index (χ0n) is 20.7. The van der Waals surface area contributed by atoms with E-state index in [4.69, 9.17) is 9.16 Å². The lowest BCUT2D eigenvalue weighted by Crippen LogP contribution is -2.44. The van der Waals surface area contributed by atoms with Gasteiger partial charge < -0.3 is 9.16 Å². The van der Waals surface area contributed by atoms with Gasteiger partial charge in [-0.15, -0.1) is 0 Å². The molecule has 0 rings (SSSR count).